The summed E-state index contributed by atoms with van der Waals surface area (Å²) in [5.41, 5.74) is -8.97. The van der Waals surface area contributed by atoms with Crippen LogP contribution in [0.25, 0.3) is 0 Å². The van der Waals surface area contributed by atoms with E-state index >= 15 is 35.1 Å². The number of rotatable bonds is 8. The van der Waals surface area contributed by atoms with Crippen molar-refractivity contribution in [2.45, 2.75) is 12.8 Å². The third-order valence-corrected chi connectivity index (χ3v) is 13.1. The predicted octanol–water partition coefficient (Wildman–Crippen LogP) is 11.5. The summed E-state index contributed by atoms with van der Waals surface area (Å²) in [5, 5.41) is 0. The van der Waals surface area contributed by atoms with Gasteiger partial charge in [-0.1, -0.05) is 121 Å². The smallest absolute Gasteiger partial charge is 0.273 e. The fourth-order valence-electron chi connectivity index (χ4n) is 9.68. The molecule has 0 nitrogen and oxygen atoms in total. The number of allylic oxidation sites excluding steroid dienone is 8. The van der Waals surface area contributed by atoms with E-state index < -0.39 is 150 Å². The first-order valence-electron chi connectivity index (χ1n) is 23.2. The molecular formula is C58H30B2F20Zr. The minimum absolute atomic E-state index is 0. The van der Waals surface area contributed by atoms with Crippen LogP contribution in [0.2, 0.25) is 0 Å². The van der Waals surface area contributed by atoms with E-state index in [4.69, 9.17) is 0 Å². The molecule has 0 bridgehead atoms. The van der Waals surface area contributed by atoms with E-state index in [1.807, 2.05) is 24.3 Å². The van der Waals surface area contributed by atoms with Crippen molar-refractivity contribution >= 4 is 56.0 Å². The van der Waals surface area contributed by atoms with Crippen molar-refractivity contribution in [3.05, 3.63) is 286 Å². The van der Waals surface area contributed by atoms with Gasteiger partial charge in [0.05, 0.1) is 0 Å². The summed E-state index contributed by atoms with van der Waals surface area (Å²) < 4.78 is 294. The van der Waals surface area contributed by atoms with Crippen molar-refractivity contribution < 1.29 is 114 Å². The molecule has 0 fully saturated rings. The molecule has 2 aliphatic carbocycles. The summed E-state index contributed by atoms with van der Waals surface area (Å²) in [7, 11) is 0. The van der Waals surface area contributed by atoms with Gasteiger partial charge in [0.25, 0.3) is 0 Å². The Kier molecular flexibility index (Phi) is 20.3. The molecular weight excluding hydrogens is 1190 g/mol. The van der Waals surface area contributed by atoms with Crippen molar-refractivity contribution in [2.75, 3.05) is 0 Å². The Bertz CT molecular complexity index is 3120. The van der Waals surface area contributed by atoms with Crippen molar-refractivity contribution in [1.29, 1.82) is 0 Å². The first kappa shape index (κ1) is 62.5. The second kappa shape index (κ2) is 26.3. The SMILES string of the molecule is Fc1c(F)c(F)c([B-](c2c(F)c(F)c(F)c(F)c2F)(c2c(F)c(F)c(F)c(F)c2F)c2c(F)c(F)c(F)c(F)c2F)c(F)c1F.[C-]1=CC=CC1.[C-]1=CC=CC1.[Zr+4].c1ccc([B-](c2ccccc2)(c2ccccc2)c2ccccc2)cc1. The van der Waals surface area contributed by atoms with E-state index in [-0.39, 0.29) is 26.2 Å². The summed E-state index contributed by atoms with van der Waals surface area (Å²) in [6.07, 6.45) is 11.6. The van der Waals surface area contributed by atoms with Crippen LogP contribution in [0.4, 0.5) is 87.8 Å². The molecule has 0 aromatic heterocycles. The van der Waals surface area contributed by atoms with Crippen LogP contribution in [0.1, 0.15) is 12.8 Å². The molecule has 0 radical (unpaired) electrons. The van der Waals surface area contributed by atoms with Crippen LogP contribution >= 0.6 is 0 Å². The second-order valence-electron chi connectivity index (χ2n) is 17.3. The first-order chi connectivity index (χ1) is 38.1. The molecule has 0 aliphatic heterocycles. The van der Waals surface area contributed by atoms with Gasteiger partial charge in [-0.15, -0.1) is 34.7 Å². The van der Waals surface area contributed by atoms with Crippen molar-refractivity contribution in [1.82, 2.24) is 0 Å². The predicted molar refractivity (Wildman–Crippen MR) is 262 cm³/mol. The zero-order chi connectivity index (χ0) is 58.4. The third kappa shape index (κ3) is 11.3. The van der Waals surface area contributed by atoms with Gasteiger partial charge in [-0.3, -0.25) is 12.2 Å². The second-order valence-corrected chi connectivity index (χ2v) is 17.3. The molecule has 0 spiro atoms. The van der Waals surface area contributed by atoms with Crippen LogP contribution in [0.5, 0.6) is 0 Å². The van der Waals surface area contributed by atoms with Gasteiger partial charge in [-0.2, -0.15) is 34.0 Å². The summed E-state index contributed by atoms with van der Waals surface area (Å²) in [6, 6.07) is 43.5. The summed E-state index contributed by atoms with van der Waals surface area (Å²) >= 11 is 0. The van der Waals surface area contributed by atoms with E-state index in [2.05, 4.69) is 146 Å². The summed E-state index contributed by atoms with van der Waals surface area (Å²) in [6.45, 7) is 0. The van der Waals surface area contributed by atoms with E-state index in [0.717, 1.165) is 12.8 Å². The Morgan fingerprint density at radius 2 is 0.407 bits per heavy atom. The van der Waals surface area contributed by atoms with Gasteiger partial charge in [0.2, 0.25) is 0 Å². The van der Waals surface area contributed by atoms with Gasteiger partial charge in [0.15, 0.2) is 69.8 Å². The van der Waals surface area contributed by atoms with Gasteiger partial charge in [0.1, 0.15) is 58.8 Å². The van der Waals surface area contributed by atoms with E-state index in [9.17, 15) is 52.7 Å². The molecule has 0 unspecified atom stereocenters. The Hall–Kier alpha value is -7.67. The first-order valence-corrected chi connectivity index (χ1v) is 23.2. The Balaban J connectivity index is 0.000000241. The quantitative estimate of drug-likeness (QED) is 0.0468. The van der Waals surface area contributed by atoms with Gasteiger partial charge in [-0.25, -0.2) is 112 Å². The standard InChI is InChI=1S/C24BF20.C24H20B.2C5H5.Zr/c26-5-1(6(27)14(35)21(42)13(5)34)25(2-7(28)15(36)22(43)16(37)8(2)29,3-9(30)17(38)23(44)18(39)10(3)31)4-11(32)19(40)24(45)20(41)12(4)33;1-5-13-21(14-6-1)25(22-15-7-2-8-16-22,23-17-9-3-10-18-23)24-19-11-4-12-20-24;2*1-2-4-5-3-1;/h;1-20H;2*1-3H,4H2;/q4*-1;+4. The minimum Gasteiger partial charge on any atom is -0.273 e. The van der Waals surface area contributed by atoms with Gasteiger partial charge in [-0.05, 0) is 0 Å². The topological polar surface area (TPSA) is 0 Å². The van der Waals surface area contributed by atoms with Crippen LogP contribution in [-0.4, -0.2) is 12.3 Å². The fraction of sp³-hybridized carbons (Fsp3) is 0.0345. The largest absolute Gasteiger partial charge is 4.00 e. The van der Waals surface area contributed by atoms with Crippen molar-refractivity contribution in [2.24, 2.45) is 0 Å². The molecule has 2 aliphatic rings. The number of hydrogen-bond acceptors (Lipinski definition) is 0. The van der Waals surface area contributed by atoms with Crippen LogP contribution in [0, 0.1) is 128 Å². The normalized spacial score (nSPS) is 12.3. The molecule has 8 aromatic carbocycles. The fourth-order valence-corrected chi connectivity index (χ4v) is 9.68. The molecule has 0 saturated carbocycles. The molecule has 10 rings (SSSR count). The summed E-state index contributed by atoms with van der Waals surface area (Å²) in [5.74, 6) is -71.4. The maximum atomic E-state index is 15.4. The molecule has 412 valence electrons. The average Bonchev–Trinajstić information content (AvgIpc) is 4.39. The molecule has 0 N–H and O–H groups in total. The molecule has 8 aromatic rings. The molecule has 81 heavy (non-hydrogen) atoms. The molecule has 23 heteroatoms. The maximum Gasteiger partial charge on any atom is 4.00 e. The zero-order valence-electron chi connectivity index (χ0n) is 40.6. The minimum atomic E-state index is -7.22. The average molecular weight is 1220 g/mol. The van der Waals surface area contributed by atoms with Gasteiger partial charge >= 0.3 is 26.2 Å². The summed E-state index contributed by atoms with van der Waals surface area (Å²) in [4.78, 5) is 0. The van der Waals surface area contributed by atoms with Crippen LogP contribution in [0.15, 0.2) is 158 Å². The van der Waals surface area contributed by atoms with Crippen LogP contribution < -0.4 is 43.7 Å². The van der Waals surface area contributed by atoms with Crippen LogP contribution in [-0.2, 0) is 26.2 Å². The Labute approximate surface area is 467 Å². The van der Waals surface area contributed by atoms with E-state index in [0.29, 0.717) is 0 Å². The van der Waals surface area contributed by atoms with Crippen molar-refractivity contribution in [3.8, 4) is 0 Å². The van der Waals surface area contributed by atoms with Gasteiger partial charge < -0.3 is 0 Å². The monoisotopic (exact) mass is 1220 g/mol. The maximum absolute atomic E-state index is 15.4. The molecule has 0 saturated heterocycles. The third-order valence-electron chi connectivity index (χ3n) is 13.1. The Morgan fingerprint density at radius 3 is 0.543 bits per heavy atom. The number of hydrogen-bond donors (Lipinski definition) is 0. The molecule has 0 heterocycles. The Morgan fingerprint density at radius 1 is 0.235 bits per heavy atom. The van der Waals surface area contributed by atoms with Gasteiger partial charge in [0, 0.05) is 0 Å². The molecule has 0 atom stereocenters. The van der Waals surface area contributed by atoms with E-state index in [1.54, 1.807) is 0 Å². The van der Waals surface area contributed by atoms with Crippen molar-refractivity contribution in [3.63, 3.8) is 0 Å². The van der Waals surface area contributed by atoms with Crippen LogP contribution in [0.3, 0.4) is 0 Å². The molecule has 0 amide bonds. The zero-order valence-corrected chi connectivity index (χ0v) is 43.1. The number of benzene rings is 8. The number of halogens is 20. The van der Waals surface area contributed by atoms with E-state index in [1.165, 1.54) is 21.9 Å².